The number of carboxylic acid groups (broad SMARTS) is 1. The summed E-state index contributed by atoms with van der Waals surface area (Å²) in [4.78, 5) is 29.3. The molecule has 2 amide bonds. The second-order valence-electron chi connectivity index (χ2n) is 7.41. The van der Waals surface area contributed by atoms with Crippen LogP contribution in [0.1, 0.15) is 5.56 Å². The number of ether oxygens (including phenoxy) is 1. The zero-order valence-corrected chi connectivity index (χ0v) is 15.3. The van der Waals surface area contributed by atoms with Gasteiger partial charge in [-0.25, -0.2) is 4.79 Å². The monoisotopic (exact) mass is 383 g/mol. The van der Waals surface area contributed by atoms with E-state index in [1.54, 1.807) is 31.1 Å². The number of carbonyl (C=O) groups is 2. The number of urea groups is 1. The molecule has 0 aliphatic carbocycles. The number of hydrogen-bond donors (Lipinski definition) is 1. The molecule has 148 valence electrons. The fourth-order valence-corrected chi connectivity index (χ4v) is 4.10. The molecule has 0 spiro atoms. The van der Waals surface area contributed by atoms with Crippen molar-refractivity contribution in [1.82, 2.24) is 14.7 Å². The lowest BCUT2D eigenvalue weighted by Crippen LogP contribution is -2.44. The zero-order valence-electron chi connectivity index (χ0n) is 15.3. The number of carbonyl (C=O) groups excluding carboxylic acids is 1. The van der Waals surface area contributed by atoms with Crippen molar-refractivity contribution in [2.75, 3.05) is 40.3 Å². The van der Waals surface area contributed by atoms with Gasteiger partial charge in [-0.2, -0.15) is 8.78 Å². The number of rotatable bonds is 5. The molecular formula is C18H23F2N3O4. The van der Waals surface area contributed by atoms with E-state index in [-0.39, 0.29) is 24.2 Å². The Bertz CT molecular complexity index is 730. The van der Waals surface area contributed by atoms with Gasteiger partial charge in [0.2, 0.25) is 0 Å². The normalized spacial score (nSPS) is 24.9. The van der Waals surface area contributed by atoms with E-state index in [1.165, 1.54) is 17.0 Å². The highest BCUT2D eigenvalue weighted by molar-refractivity contribution is 5.80. The minimum Gasteiger partial charge on any atom is -0.481 e. The summed E-state index contributed by atoms with van der Waals surface area (Å²) in [5.41, 5.74) is -0.224. The highest BCUT2D eigenvalue weighted by Gasteiger charge is 2.58. The molecular weight excluding hydrogens is 360 g/mol. The molecule has 9 heteroatoms. The van der Waals surface area contributed by atoms with E-state index in [1.807, 2.05) is 4.90 Å². The van der Waals surface area contributed by atoms with Gasteiger partial charge in [0.05, 0.1) is 0 Å². The van der Waals surface area contributed by atoms with E-state index < -0.39 is 18.0 Å². The first-order chi connectivity index (χ1) is 12.7. The number of amides is 2. The Morgan fingerprint density at radius 3 is 2.67 bits per heavy atom. The molecule has 7 nitrogen and oxygen atoms in total. The molecule has 0 saturated carbocycles. The highest BCUT2D eigenvalue weighted by Crippen LogP contribution is 2.43. The fourth-order valence-electron chi connectivity index (χ4n) is 4.10. The smallest absolute Gasteiger partial charge is 0.387 e. The number of fused-ring (bicyclic) bond motifs is 1. The molecule has 1 N–H and O–H groups in total. The lowest BCUT2D eigenvalue weighted by Gasteiger charge is -2.27. The molecule has 0 bridgehead atoms. The maximum atomic E-state index is 12.4. The van der Waals surface area contributed by atoms with E-state index in [0.717, 1.165) is 5.56 Å². The first-order valence-corrected chi connectivity index (χ1v) is 8.67. The number of alkyl halides is 2. The number of likely N-dealkylation sites (tertiary alicyclic amines) is 2. The van der Waals surface area contributed by atoms with Crippen LogP contribution < -0.4 is 4.74 Å². The fraction of sp³-hybridized carbons (Fsp3) is 0.556. The van der Waals surface area contributed by atoms with Crippen molar-refractivity contribution in [3.05, 3.63) is 29.8 Å². The molecule has 2 atom stereocenters. The molecule has 2 aliphatic rings. The number of benzene rings is 1. The van der Waals surface area contributed by atoms with Gasteiger partial charge in [-0.05, 0) is 17.7 Å². The first kappa shape index (κ1) is 19.3. The van der Waals surface area contributed by atoms with E-state index in [2.05, 4.69) is 4.74 Å². The summed E-state index contributed by atoms with van der Waals surface area (Å²) < 4.78 is 29.2. The second-order valence-corrected chi connectivity index (χ2v) is 7.41. The summed E-state index contributed by atoms with van der Waals surface area (Å²) in [5, 5.41) is 9.86. The van der Waals surface area contributed by atoms with Gasteiger partial charge < -0.3 is 19.6 Å². The number of aliphatic carboxylic acids is 1. The molecule has 2 aliphatic heterocycles. The molecule has 1 aromatic rings. The maximum Gasteiger partial charge on any atom is 0.387 e. The maximum absolute atomic E-state index is 12.4. The largest absolute Gasteiger partial charge is 0.481 e. The summed E-state index contributed by atoms with van der Waals surface area (Å²) in [5.74, 6) is -0.990. The Kier molecular flexibility index (Phi) is 5.23. The van der Waals surface area contributed by atoms with Gasteiger partial charge in [0.25, 0.3) is 0 Å². The summed E-state index contributed by atoms with van der Waals surface area (Å²) in [6.45, 7) is -1.04. The van der Waals surface area contributed by atoms with Crippen LogP contribution in [0.3, 0.4) is 0 Å². The van der Waals surface area contributed by atoms with E-state index >= 15 is 0 Å². The molecule has 2 fully saturated rings. The van der Waals surface area contributed by atoms with Crippen LogP contribution in [0.2, 0.25) is 0 Å². The summed E-state index contributed by atoms with van der Waals surface area (Å²) in [7, 11) is 3.29. The number of carboxylic acids is 1. The van der Waals surface area contributed by atoms with Gasteiger partial charge in [0.1, 0.15) is 11.2 Å². The van der Waals surface area contributed by atoms with Crippen molar-refractivity contribution in [2.45, 2.75) is 13.2 Å². The molecule has 0 radical (unpaired) electrons. The Morgan fingerprint density at radius 1 is 1.33 bits per heavy atom. The minimum atomic E-state index is -2.89. The van der Waals surface area contributed by atoms with Crippen LogP contribution in [0.4, 0.5) is 13.6 Å². The van der Waals surface area contributed by atoms with E-state index in [0.29, 0.717) is 26.2 Å². The lowest BCUT2D eigenvalue weighted by atomic mass is 9.81. The van der Waals surface area contributed by atoms with Crippen LogP contribution >= 0.6 is 0 Å². The van der Waals surface area contributed by atoms with Crippen LogP contribution in [0, 0.1) is 11.3 Å². The molecule has 1 aromatic carbocycles. The molecule has 2 saturated heterocycles. The van der Waals surface area contributed by atoms with Gasteiger partial charge in [0.15, 0.2) is 0 Å². The Labute approximate surface area is 156 Å². The van der Waals surface area contributed by atoms with Gasteiger partial charge in [-0.15, -0.1) is 0 Å². The van der Waals surface area contributed by atoms with Crippen molar-refractivity contribution in [3.8, 4) is 5.75 Å². The average molecular weight is 383 g/mol. The van der Waals surface area contributed by atoms with Crippen LogP contribution in [-0.4, -0.2) is 78.7 Å². The van der Waals surface area contributed by atoms with E-state index in [9.17, 15) is 23.5 Å². The molecule has 27 heavy (non-hydrogen) atoms. The van der Waals surface area contributed by atoms with Crippen molar-refractivity contribution < 1.29 is 28.2 Å². The van der Waals surface area contributed by atoms with Crippen LogP contribution in [0.25, 0.3) is 0 Å². The Hall–Kier alpha value is -2.42. The van der Waals surface area contributed by atoms with Crippen molar-refractivity contribution in [2.24, 2.45) is 11.3 Å². The number of hydrogen-bond acceptors (Lipinski definition) is 4. The number of nitrogens with zero attached hydrogens (tertiary/aromatic N) is 3. The predicted octanol–water partition coefficient (Wildman–Crippen LogP) is 1.79. The van der Waals surface area contributed by atoms with E-state index in [4.69, 9.17) is 0 Å². The number of halogens is 2. The SMILES string of the molecule is CN(C)C(=O)N1C[C@H]2CN(Cc3cccc(OC(F)F)c3)C[C@@]2(C(=O)O)C1. The van der Waals surface area contributed by atoms with Gasteiger partial charge in [-0.3, -0.25) is 9.69 Å². The van der Waals surface area contributed by atoms with Gasteiger partial charge in [-0.1, -0.05) is 12.1 Å². The Balaban J connectivity index is 1.70. The highest BCUT2D eigenvalue weighted by atomic mass is 19.3. The van der Waals surface area contributed by atoms with Gasteiger partial charge >= 0.3 is 18.6 Å². The summed E-state index contributed by atoms with van der Waals surface area (Å²) in [6, 6.07) is 6.23. The van der Waals surface area contributed by atoms with Crippen LogP contribution in [0.5, 0.6) is 5.75 Å². The third-order valence-electron chi connectivity index (χ3n) is 5.29. The second kappa shape index (κ2) is 7.30. The minimum absolute atomic E-state index is 0.0811. The first-order valence-electron chi connectivity index (χ1n) is 8.67. The quantitative estimate of drug-likeness (QED) is 0.839. The van der Waals surface area contributed by atoms with Crippen LogP contribution in [-0.2, 0) is 11.3 Å². The molecule has 2 heterocycles. The molecule has 0 aromatic heterocycles. The van der Waals surface area contributed by atoms with Crippen molar-refractivity contribution >= 4 is 12.0 Å². The zero-order chi connectivity index (χ0) is 19.8. The van der Waals surface area contributed by atoms with Crippen LogP contribution in [0.15, 0.2) is 24.3 Å². The molecule has 0 unspecified atom stereocenters. The predicted molar refractivity (Wildman–Crippen MR) is 92.6 cm³/mol. The third kappa shape index (κ3) is 3.83. The third-order valence-corrected chi connectivity index (χ3v) is 5.29. The lowest BCUT2D eigenvalue weighted by molar-refractivity contribution is -0.148. The average Bonchev–Trinajstić information content (AvgIpc) is 3.08. The standard InChI is InChI=1S/C18H23F2N3O4/c1-21(2)17(26)23-9-13-8-22(10-18(13,11-23)15(24)25)7-12-4-3-5-14(6-12)27-16(19)20/h3-6,13,16H,7-11H2,1-2H3,(H,24,25)/t13-,18-/m1/s1. The topological polar surface area (TPSA) is 73.3 Å². The van der Waals surface area contributed by atoms with Crippen molar-refractivity contribution in [1.29, 1.82) is 0 Å². The van der Waals surface area contributed by atoms with Gasteiger partial charge in [0, 0.05) is 52.7 Å². The Morgan fingerprint density at radius 2 is 2.07 bits per heavy atom. The van der Waals surface area contributed by atoms with Crippen molar-refractivity contribution in [3.63, 3.8) is 0 Å². The summed E-state index contributed by atoms with van der Waals surface area (Å²) in [6.07, 6.45) is 0. The summed E-state index contributed by atoms with van der Waals surface area (Å²) >= 11 is 0. The molecule has 3 rings (SSSR count).